The number of pyridine rings is 1. The average Bonchev–Trinajstić information content (AvgIpc) is 2.27. The van der Waals surface area contributed by atoms with Gasteiger partial charge in [0.2, 0.25) is 0 Å². The molecule has 0 saturated heterocycles. The topological polar surface area (TPSA) is 58.6 Å². The molecule has 4 nitrogen and oxygen atoms in total. The molecule has 0 bridgehead atoms. The molecule has 0 aliphatic rings. The van der Waals surface area contributed by atoms with Crippen LogP contribution in [0.15, 0.2) is 23.3 Å². The van der Waals surface area contributed by atoms with Crippen LogP contribution in [0, 0.1) is 6.92 Å². The van der Waals surface area contributed by atoms with E-state index in [-0.39, 0.29) is 5.56 Å². The Morgan fingerprint density at radius 1 is 1.29 bits per heavy atom. The second-order valence-electron chi connectivity index (χ2n) is 2.56. The van der Waals surface area contributed by atoms with Gasteiger partial charge in [-0.1, -0.05) is 13.8 Å². The Balaban J connectivity index is 0.000000461. The van der Waals surface area contributed by atoms with E-state index >= 15 is 0 Å². The zero-order valence-electron chi connectivity index (χ0n) is 8.53. The third-order valence-electron chi connectivity index (χ3n) is 1.78. The lowest BCUT2D eigenvalue weighted by atomic mass is 10.2. The number of hydrogen-bond acceptors (Lipinski definition) is 3. The van der Waals surface area contributed by atoms with Gasteiger partial charge in [0.1, 0.15) is 0 Å². The van der Waals surface area contributed by atoms with Gasteiger partial charge >= 0.3 is 0 Å². The fourth-order valence-electron chi connectivity index (χ4n) is 1.15. The highest BCUT2D eigenvalue weighted by molar-refractivity contribution is 5.81. The highest BCUT2D eigenvalue weighted by Crippen LogP contribution is 2.08. The summed E-state index contributed by atoms with van der Waals surface area (Å²) in [5.41, 5.74) is 0.621. The van der Waals surface area contributed by atoms with Crippen molar-refractivity contribution in [1.29, 1.82) is 0 Å². The van der Waals surface area contributed by atoms with Crippen LogP contribution in [0.3, 0.4) is 0 Å². The summed E-state index contributed by atoms with van der Waals surface area (Å²) in [6, 6.07) is 1.78. The van der Waals surface area contributed by atoms with Gasteiger partial charge in [0.15, 0.2) is 0 Å². The van der Waals surface area contributed by atoms with Crippen LogP contribution in [-0.2, 0) is 0 Å². The van der Waals surface area contributed by atoms with Crippen LogP contribution in [-0.4, -0.2) is 15.2 Å². The third-order valence-corrected chi connectivity index (χ3v) is 1.78. The van der Waals surface area contributed by atoms with Crippen LogP contribution in [0.25, 0.3) is 10.8 Å². The van der Waals surface area contributed by atoms with E-state index in [1.807, 2.05) is 20.8 Å². The highest BCUT2D eigenvalue weighted by atomic mass is 16.1. The van der Waals surface area contributed by atoms with Gasteiger partial charge in [-0.2, -0.15) is 5.10 Å². The van der Waals surface area contributed by atoms with E-state index in [1.165, 1.54) is 0 Å². The Hall–Kier alpha value is -1.71. The van der Waals surface area contributed by atoms with Gasteiger partial charge in [0.25, 0.3) is 5.56 Å². The highest BCUT2D eigenvalue weighted by Gasteiger charge is 2.00. The minimum absolute atomic E-state index is 0.191. The maximum absolute atomic E-state index is 11.2. The molecule has 0 spiro atoms. The number of aryl methyl sites for hydroxylation is 1. The zero-order valence-corrected chi connectivity index (χ0v) is 8.53. The first-order valence-electron chi connectivity index (χ1n) is 4.58. The Kier molecular flexibility index (Phi) is 3.34. The molecule has 1 N–H and O–H groups in total. The number of aromatic nitrogens is 3. The van der Waals surface area contributed by atoms with Gasteiger partial charge in [0.05, 0.1) is 11.1 Å². The summed E-state index contributed by atoms with van der Waals surface area (Å²) in [4.78, 5) is 15.0. The first-order valence-corrected chi connectivity index (χ1v) is 4.58. The van der Waals surface area contributed by atoms with E-state index in [0.29, 0.717) is 5.39 Å². The molecule has 2 heterocycles. The Labute approximate surface area is 82.0 Å². The molecule has 74 valence electrons. The molecule has 0 saturated carbocycles. The summed E-state index contributed by atoms with van der Waals surface area (Å²) >= 11 is 0. The van der Waals surface area contributed by atoms with Crippen LogP contribution < -0.4 is 5.56 Å². The Morgan fingerprint density at radius 3 is 2.64 bits per heavy atom. The van der Waals surface area contributed by atoms with E-state index in [0.717, 1.165) is 11.1 Å². The van der Waals surface area contributed by atoms with Crippen LogP contribution in [0.5, 0.6) is 0 Å². The predicted octanol–water partition coefficient (Wildman–Crippen LogP) is 1.65. The molecule has 0 aromatic carbocycles. The molecule has 0 fully saturated rings. The number of rotatable bonds is 0. The normalized spacial score (nSPS) is 9.36. The Bertz CT molecular complexity index is 476. The fourth-order valence-corrected chi connectivity index (χ4v) is 1.15. The fraction of sp³-hybridized carbons (Fsp3) is 0.300. The molecule has 0 unspecified atom stereocenters. The van der Waals surface area contributed by atoms with Gasteiger partial charge in [0, 0.05) is 17.8 Å². The maximum atomic E-state index is 11.2. The maximum Gasteiger partial charge on any atom is 0.273 e. The molecule has 2 rings (SSSR count). The lowest BCUT2D eigenvalue weighted by Gasteiger charge is -1.96. The molecule has 4 heteroatoms. The average molecular weight is 191 g/mol. The van der Waals surface area contributed by atoms with Crippen molar-refractivity contribution in [3.05, 3.63) is 34.5 Å². The summed E-state index contributed by atoms with van der Waals surface area (Å²) in [6.45, 7) is 5.85. The van der Waals surface area contributed by atoms with Crippen molar-refractivity contribution in [3.63, 3.8) is 0 Å². The Morgan fingerprint density at radius 2 is 2.00 bits per heavy atom. The molecule has 0 amide bonds. The van der Waals surface area contributed by atoms with Gasteiger partial charge in [-0.3, -0.25) is 9.78 Å². The largest absolute Gasteiger partial charge is 0.273 e. The van der Waals surface area contributed by atoms with Crippen molar-refractivity contribution in [3.8, 4) is 0 Å². The molecule has 2 aromatic heterocycles. The zero-order chi connectivity index (χ0) is 10.6. The summed E-state index contributed by atoms with van der Waals surface area (Å²) in [5.74, 6) is 0. The molecule has 0 aliphatic carbocycles. The second kappa shape index (κ2) is 4.50. The van der Waals surface area contributed by atoms with Crippen molar-refractivity contribution in [2.75, 3.05) is 0 Å². The van der Waals surface area contributed by atoms with Crippen LogP contribution in [0.4, 0.5) is 0 Å². The summed E-state index contributed by atoms with van der Waals surface area (Å²) in [7, 11) is 0. The summed E-state index contributed by atoms with van der Waals surface area (Å²) in [5, 5.41) is 7.68. The SMILES string of the molecule is CC.Cc1n[nH]c(=O)c2cnccc12. The molecule has 0 aliphatic heterocycles. The minimum atomic E-state index is -0.191. The standard InChI is InChI=1S/C8H7N3O.C2H6/c1-5-6-2-3-9-4-7(6)8(12)11-10-5;1-2/h2-4H,1H3,(H,11,12);1-2H3. The number of fused-ring (bicyclic) bond motifs is 1. The predicted molar refractivity (Wildman–Crippen MR) is 56.2 cm³/mol. The van der Waals surface area contributed by atoms with E-state index < -0.39 is 0 Å². The van der Waals surface area contributed by atoms with E-state index in [4.69, 9.17) is 0 Å². The van der Waals surface area contributed by atoms with Gasteiger partial charge in [-0.05, 0) is 13.0 Å². The van der Waals surface area contributed by atoms with E-state index in [2.05, 4.69) is 15.2 Å². The molecule has 2 aromatic rings. The number of nitrogens with zero attached hydrogens (tertiary/aromatic N) is 2. The molecular formula is C10H13N3O. The van der Waals surface area contributed by atoms with Gasteiger partial charge < -0.3 is 0 Å². The summed E-state index contributed by atoms with van der Waals surface area (Å²) in [6.07, 6.45) is 3.19. The molecule has 0 atom stereocenters. The smallest absolute Gasteiger partial charge is 0.267 e. The summed E-state index contributed by atoms with van der Waals surface area (Å²) < 4.78 is 0. The number of aromatic amines is 1. The van der Waals surface area contributed by atoms with Crippen LogP contribution >= 0.6 is 0 Å². The minimum Gasteiger partial charge on any atom is -0.267 e. The monoisotopic (exact) mass is 191 g/mol. The second-order valence-corrected chi connectivity index (χ2v) is 2.56. The van der Waals surface area contributed by atoms with Crippen molar-refractivity contribution < 1.29 is 0 Å². The lowest BCUT2D eigenvalue weighted by Crippen LogP contribution is -2.09. The number of hydrogen-bond donors (Lipinski definition) is 1. The van der Waals surface area contributed by atoms with Crippen molar-refractivity contribution >= 4 is 10.8 Å². The first kappa shape index (κ1) is 10.4. The van der Waals surface area contributed by atoms with Crippen LogP contribution in [0.1, 0.15) is 19.5 Å². The van der Waals surface area contributed by atoms with Gasteiger partial charge in [-0.15, -0.1) is 0 Å². The van der Waals surface area contributed by atoms with Crippen LogP contribution in [0.2, 0.25) is 0 Å². The van der Waals surface area contributed by atoms with Crippen molar-refractivity contribution in [1.82, 2.24) is 15.2 Å². The number of nitrogens with one attached hydrogen (secondary N) is 1. The molecule has 0 radical (unpaired) electrons. The van der Waals surface area contributed by atoms with Crippen molar-refractivity contribution in [2.24, 2.45) is 0 Å². The quantitative estimate of drug-likeness (QED) is 0.688. The van der Waals surface area contributed by atoms with Crippen molar-refractivity contribution in [2.45, 2.75) is 20.8 Å². The van der Waals surface area contributed by atoms with Gasteiger partial charge in [-0.25, -0.2) is 5.10 Å². The third kappa shape index (κ3) is 1.79. The number of H-pyrrole nitrogens is 1. The molecule has 14 heavy (non-hydrogen) atoms. The first-order chi connectivity index (χ1) is 6.79. The van der Waals surface area contributed by atoms with E-state index in [1.54, 1.807) is 18.5 Å². The van der Waals surface area contributed by atoms with E-state index in [9.17, 15) is 4.79 Å². The lowest BCUT2D eigenvalue weighted by molar-refractivity contribution is 0.968. The molecular weight excluding hydrogens is 178 g/mol.